The highest BCUT2D eigenvalue weighted by molar-refractivity contribution is 6.03. The van der Waals surface area contributed by atoms with Crippen LogP contribution in [0.25, 0.3) is 0 Å². The zero-order valence-electron chi connectivity index (χ0n) is 14.1. The number of fused-ring (bicyclic) bond motifs is 1. The maximum absolute atomic E-state index is 12.7. The fourth-order valence-corrected chi connectivity index (χ4v) is 2.55. The van der Waals surface area contributed by atoms with Crippen LogP contribution in [0, 0.1) is 5.92 Å². The topological polar surface area (TPSA) is 111 Å². The summed E-state index contributed by atoms with van der Waals surface area (Å²) in [6.45, 7) is 3.84. The van der Waals surface area contributed by atoms with Crippen molar-refractivity contribution < 1.29 is 18.7 Å². The maximum Gasteiger partial charge on any atom is 0.270 e. The Kier molecular flexibility index (Phi) is 4.60. The molecule has 0 saturated heterocycles. The van der Waals surface area contributed by atoms with Crippen LogP contribution in [0.1, 0.15) is 19.6 Å². The molecule has 2 aromatic heterocycles. The van der Waals surface area contributed by atoms with Gasteiger partial charge in [-0.3, -0.25) is 14.5 Å². The minimum absolute atomic E-state index is 0.0492. The molecular weight excluding hydrogens is 324 g/mol. The molecule has 3 heterocycles. The molecular formula is C17H20N4O4. The van der Waals surface area contributed by atoms with E-state index < -0.39 is 6.10 Å². The van der Waals surface area contributed by atoms with Gasteiger partial charge < -0.3 is 20.2 Å². The molecule has 1 atom stereocenters. The first-order valence-corrected chi connectivity index (χ1v) is 7.99. The zero-order valence-corrected chi connectivity index (χ0v) is 14.1. The lowest BCUT2D eigenvalue weighted by Gasteiger charge is -2.34. The van der Waals surface area contributed by atoms with Crippen LogP contribution in [0.4, 0.5) is 11.6 Å². The number of nitrogens with one attached hydrogen (secondary N) is 1. The number of hydrogen-bond acceptors (Lipinski definition) is 6. The van der Waals surface area contributed by atoms with E-state index in [0.717, 1.165) is 0 Å². The molecule has 0 saturated carbocycles. The van der Waals surface area contributed by atoms with E-state index >= 15 is 0 Å². The van der Waals surface area contributed by atoms with Crippen molar-refractivity contribution in [2.24, 2.45) is 5.92 Å². The summed E-state index contributed by atoms with van der Waals surface area (Å²) >= 11 is 0. The zero-order chi connectivity index (χ0) is 18.0. The molecule has 1 aliphatic rings. The highest BCUT2D eigenvalue weighted by Gasteiger charge is 2.38. The molecule has 1 aliphatic heterocycles. The standard InChI is InChI=1S/C17H20N4O4/c1-10(2)15-17(23)21(16-12(25-15)5-6-13(18)20-16)9-14(22)19-8-11-4-3-7-24-11/h3-7,10,15H,8-9H2,1-2H3,(H2,18,20)(H,19,22). The van der Waals surface area contributed by atoms with E-state index in [1.165, 1.54) is 11.2 Å². The summed E-state index contributed by atoms with van der Waals surface area (Å²) in [6, 6.07) is 6.75. The van der Waals surface area contributed by atoms with Crippen LogP contribution in [0.15, 0.2) is 34.9 Å². The van der Waals surface area contributed by atoms with Gasteiger partial charge in [0.1, 0.15) is 18.1 Å². The van der Waals surface area contributed by atoms with E-state index in [1.807, 2.05) is 13.8 Å². The van der Waals surface area contributed by atoms with Gasteiger partial charge in [0, 0.05) is 0 Å². The molecule has 2 amide bonds. The predicted molar refractivity (Wildman–Crippen MR) is 90.8 cm³/mol. The SMILES string of the molecule is CC(C)C1Oc2ccc(N)nc2N(CC(=O)NCc2ccco2)C1=O. The Morgan fingerprint density at radius 1 is 1.40 bits per heavy atom. The second-order valence-electron chi connectivity index (χ2n) is 6.12. The average Bonchev–Trinajstić information content (AvgIpc) is 3.09. The molecule has 0 aromatic carbocycles. The van der Waals surface area contributed by atoms with E-state index in [2.05, 4.69) is 10.3 Å². The molecule has 8 heteroatoms. The Balaban J connectivity index is 1.79. The molecule has 8 nitrogen and oxygen atoms in total. The Morgan fingerprint density at radius 3 is 2.88 bits per heavy atom. The minimum Gasteiger partial charge on any atom is -0.476 e. The summed E-state index contributed by atoms with van der Waals surface area (Å²) in [4.78, 5) is 30.5. The van der Waals surface area contributed by atoms with Crippen molar-refractivity contribution in [2.75, 3.05) is 17.2 Å². The second-order valence-corrected chi connectivity index (χ2v) is 6.12. The average molecular weight is 344 g/mol. The molecule has 3 N–H and O–H groups in total. The molecule has 132 valence electrons. The van der Waals surface area contributed by atoms with Gasteiger partial charge in [-0.1, -0.05) is 13.8 Å². The first kappa shape index (κ1) is 16.8. The van der Waals surface area contributed by atoms with Gasteiger partial charge in [0.15, 0.2) is 17.7 Å². The van der Waals surface area contributed by atoms with Crippen LogP contribution >= 0.6 is 0 Å². The smallest absolute Gasteiger partial charge is 0.270 e. The summed E-state index contributed by atoms with van der Waals surface area (Å²) in [5, 5.41) is 2.72. The van der Waals surface area contributed by atoms with Gasteiger partial charge in [0.25, 0.3) is 5.91 Å². The maximum atomic E-state index is 12.7. The Bertz CT molecular complexity index is 773. The van der Waals surface area contributed by atoms with Crippen LogP contribution in [0.3, 0.4) is 0 Å². The van der Waals surface area contributed by atoms with Crippen molar-refractivity contribution in [3.63, 3.8) is 0 Å². The van der Waals surface area contributed by atoms with E-state index in [4.69, 9.17) is 14.9 Å². The number of hydrogen-bond donors (Lipinski definition) is 2. The predicted octanol–water partition coefficient (Wildman–Crippen LogP) is 1.32. The lowest BCUT2D eigenvalue weighted by Crippen LogP contribution is -2.51. The fraction of sp³-hybridized carbons (Fsp3) is 0.353. The van der Waals surface area contributed by atoms with Crippen molar-refractivity contribution in [1.29, 1.82) is 0 Å². The van der Waals surface area contributed by atoms with Crippen LogP contribution in [-0.2, 0) is 16.1 Å². The molecule has 0 spiro atoms. The van der Waals surface area contributed by atoms with Crippen molar-refractivity contribution in [2.45, 2.75) is 26.5 Å². The number of aromatic nitrogens is 1. The van der Waals surface area contributed by atoms with Gasteiger partial charge >= 0.3 is 0 Å². The first-order chi connectivity index (χ1) is 12.0. The third-order valence-electron chi connectivity index (χ3n) is 3.83. The van der Waals surface area contributed by atoms with E-state index in [1.54, 1.807) is 24.3 Å². The van der Waals surface area contributed by atoms with Crippen molar-refractivity contribution in [3.8, 4) is 5.75 Å². The minimum atomic E-state index is -0.671. The van der Waals surface area contributed by atoms with Crippen LogP contribution < -0.4 is 20.7 Å². The molecule has 0 bridgehead atoms. The number of rotatable bonds is 5. The van der Waals surface area contributed by atoms with Crippen LogP contribution in [-0.4, -0.2) is 29.4 Å². The Hall–Kier alpha value is -3.03. The normalized spacial score (nSPS) is 16.5. The lowest BCUT2D eigenvalue weighted by atomic mass is 10.0. The fourth-order valence-electron chi connectivity index (χ4n) is 2.55. The quantitative estimate of drug-likeness (QED) is 0.846. The second kappa shape index (κ2) is 6.84. The van der Waals surface area contributed by atoms with Gasteiger partial charge in [-0.05, 0) is 30.2 Å². The highest BCUT2D eigenvalue weighted by atomic mass is 16.5. The largest absolute Gasteiger partial charge is 0.476 e. The molecule has 3 rings (SSSR count). The van der Waals surface area contributed by atoms with E-state index in [0.29, 0.717) is 11.5 Å². The number of nitrogens with zero attached hydrogens (tertiary/aromatic N) is 2. The summed E-state index contributed by atoms with van der Waals surface area (Å²) in [7, 11) is 0. The van der Waals surface area contributed by atoms with Crippen LogP contribution in [0.5, 0.6) is 5.75 Å². The summed E-state index contributed by atoms with van der Waals surface area (Å²) in [5.41, 5.74) is 5.72. The number of nitrogens with two attached hydrogens (primary N) is 1. The number of pyridine rings is 1. The molecule has 0 radical (unpaired) electrons. The van der Waals surface area contributed by atoms with Gasteiger partial charge in [-0.2, -0.15) is 0 Å². The van der Waals surface area contributed by atoms with Crippen molar-refractivity contribution >= 4 is 23.5 Å². The van der Waals surface area contributed by atoms with Gasteiger partial charge in [-0.25, -0.2) is 4.98 Å². The Labute approximate surface area is 145 Å². The monoisotopic (exact) mass is 344 g/mol. The number of carbonyl (C=O) groups excluding carboxylic acids is 2. The molecule has 0 fully saturated rings. The van der Waals surface area contributed by atoms with Crippen molar-refractivity contribution in [3.05, 3.63) is 36.3 Å². The Morgan fingerprint density at radius 2 is 2.20 bits per heavy atom. The van der Waals surface area contributed by atoms with Gasteiger partial charge in [-0.15, -0.1) is 0 Å². The molecule has 25 heavy (non-hydrogen) atoms. The first-order valence-electron chi connectivity index (χ1n) is 7.99. The number of carbonyl (C=O) groups is 2. The third kappa shape index (κ3) is 3.57. The number of amides is 2. The number of nitrogen functional groups attached to an aromatic ring is 1. The molecule has 0 aliphatic carbocycles. The third-order valence-corrected chi connectivity index (χ3v) is 3.83. The van der Waals surface area contributed by atoms with Crippen molar-refractivity contribution in [1.82, 2.24) is 10.3 Å². The number of furan rings is 1. The summed E-state index contributed by atoms with van der Waals surface area (Å²) < 4.78 is 10.9. The summed E-state index contributed by atoms with van der Waals surface area (Å²) in [5.74, 6) is 0.884. The van der Waals surface area contributed by atoms with Gasteiger partial charge in [0.2, 0.25) is 5.91 Å². The lowest BCUT2D eigenvalue weighted by molar-refractivity contribution is -0.130. The molecule has 1 unspecified atom stereocenters. The highest BCUT2D eigenvalue weighted by Crippen LogP contribution is 2.34. The van der Waals surface area contributed by atoms with Gasteiger partial charge in [0.05, 0.1) is 12.8 Å². The van der Waals surface area contributed by atoms with E-state index in [-0.39, 0.29) is 42.5 Å². The number of ether oxygens (including phenoxy) is 1. The molecule has 2 aromatic rings. The summed E-state index contributed by atoms with van der Waals surface area (Å²) in [6.07, 6.45) is 0.860. The van der Waals surface area contributed by atoms with E-state index in [9.17, 15) is 9.59 Å². The van der Waals surface area contributed by atoms with Crippen LogP contribution in [0.2, 0.25) is 0 Å². The number of anilines is 2.